The standard InChI is InChI=1S/C7H16NO2P.Na/c1-3-5-8(6-4-2)7-11(9)10;/h3-7H2,1-2H3;/q;+1. The van der Waals surface area contributed by atoms with Crippen molar-refractivity contribution in [2.24, 2.45) is 0 Å². The normalized spacial score (nSPS) is 11.2. The fraction of sp³-hybridized carbons (Fsp3) is 1.00. The van der Waals surface area contributed by atoms with Gasteiger partial charge in [0.05, 0.1) is 0 Å². The van der Waals surface area contributed by atoms with Crippen molar-refractivity contribution in [1.82, 2.24) is 4.90 Å². The zero-order valence-electron chi connectivity index (χ0n) is 8.25. The van der Waals surface area contributed by atoms with Crippen molar-refractivity contribution in [2.45, 2.75) is 26.7 Å². The Balaban J connectivity index is 0. The molecule has 0 amide bonds. The molecule has 0 aliphatic heterocycles. The van der Waals surface area contributed by atoms with Crippen molar-refractivity contribution < 1.29 is 39.0 Å². The average molecular weight is 200 g/mol. The largest absolute Gasteiger partial charge is 1.00 e. The average Bonchev–Trinajstić information content (AvgIpc) is 1.87. The summed E-state index contributed by atoms with van der Waals surface area (Å²) in [4.78, 5) is 12.3. The van der Waals surface area contributed by atoms with E-state index in [-0.39, 0.29) is 35.8 Å². The van der Waals surface area contributed by atoms with Gasteiger partial charge in [-0.05, 0) is 12.8 Å². The van der Waals surface area contributed by atoms with Gasteiger partial charge < -0.3 is 4.89 Å². The van der Waals surface area contributed by atoms with Crippen LogP contribution in [-0.2, 0) is 4.57 Å². The molecule has 0 aromatic rings. The molecule has 0 heterocycles. The predicted molar refractivity (Wildman–Crippen MR) is 44.6 cm³/mol. The van der Waals surface area contributed by atoms with Gasteiger partial charge in [-0.1, -0.05) is 18.4 Å². The van der Waals surface area contributed by atoms with Gasteiger partial charge in [0.15, 0.2) is 6.29 Å². The SMILES string of the molecule is CCCN(CCC)C[P+](=O)[O-].[Na+]. The molecule has 0 aliphatic carbocycles. The van der Waals surface area contributed by atoms with E-state index in [9.17, 15) is 9.46 Å². The first kappa shape index (κ1) is 15.5. The Morgan fingerprint density at radius 2 is 1.67 bits per heavy atom. The van der Waals surface area contributed by atoms with Crippen LogP contribution in [0.25, 0.3) is 0 Å². The molecule has 0 saturated heterocycles. The fourth-order valence-electron chi connectivity index (χ4n) is 1.05. The molecule has 0 radical (unpaired) electrons. The van der Waals surface area contributed by atoms with Crippen LogP contribution in [-0.4, -0.2) is 24.3 Å². The summed E-state index contributed by atoms with van der Waals surface area (Å²) in [6.07, 6.45) is 2.25. The van der Waals surface area contributed by atoms with Crippen molar-refractivity contribution >= 4 is 8.03 Å². The smallest absolute Gasteiger partial charge is 0.594 e. The quantitative estimate of drug-likeness (QED) is 0.374. The minimum atomic E-state index is -2.24. The summed E-state index contributed by atoms with van der Waals surface area (Å²) >= 11 is 0. The molecular weight excluding hydrogens is 184 g/mol. The first-order chi connectivity index (χ1) is 5.20. The summed E-state index contributed by atoms with van der Waals surface area (Å²) < 4.78 is 10.4. The van der Waals surface area contributed by atoms with Gasteiger partial charge in [-0.15, -0.1) is 0 Å². The molecule has 0 bridgehead atoms. The van der Waals surface area contributed by atoms with Gasteiger partial charge in [0.25, 0.3) is 0 Å². The van der Waals surface area contributed by atoms with E-state index in [1.165, 1.54) is 0 Å². The Morgan fingerprint density at radius 3 is 1.92 bits per heavy atom. The Kier molecular flexibility index (Phi) is 13.0. The first-order valence-electron chi connectivity index (χ1n) is 4.04. The number of rotatable bonds is 6. The van der Waals surface area contributed by atoms with Crippen LogP contribution < -0.4 is 34.5 Å². The summed E-state index contributed by atoms with van der Waals surface area (Å²) in [7, 11) is -2.24. The topological polar surface area (TPSA) is 43.4 Å². The molecule has 0 fully saturated rings. The maximum atomic E-state index is 10.4. The van der Waals surface area contributed by atoms with Crippen LogP contribution in [0.2, 0.25) is 0 Å². The van der Waals surface area contributed by atoms with Crippen LogP contribution in [0.1, 0.15) is 26.7 Å². The molecule has 5 heteroatoms. The molecule has 0 N–H and O–H groups in total. The summed E-state index contributed by atoms with van der Waals surface area (Å²) in [5.74, 6) is 0. The van der Waals surface area contributed by atoms with Gasteiger partial charge in [0, 0.05) is 13.1 Å². The molecule has 66 valence electrons. The van der Waals surface area contributed by atoms with E-state index in [1.807, 2.05) is 4.90 Å². The molecule has 0 aromatic heterocycles. The number of hydrogen-bond acceptors (Lipinski definition) is 3. The predicted octanol–water partition coefficient (Wildman–Crippen LogP) is -1.83. The Labute approximate surface area is 97.7 Å². The van der Waals surface area contributed by atoms with Gasteiger partial charge in [0.1, 0.15) is 0 Å². The summed E-state index contributed by atoms with van der Waals surface area (Å²) in [5.41, 5.74) is 0. The molecule has 1 unspecified atom stereocenters. The third-order valence-electron chi connectivity index (χ3n) is 1.40. The Bertz CT molecular complexity index is 118. The minimum Gasteiger partial charge on any atom is -0.594 e. The second-order valence-corrected chi connectivity index (χ2v) is 3.54. The van der Waals surface area contributed by atoms with Crippen LogP contribution in [0.3, 0.4) is 0 Å². The van der Waals surface area contributed by atoms with E-state index in [0.717, 1.165) is 25.9 Å². The van der Waals surface area contributed by atoms with Crippen LogP contribution in [0.4, 0.5) is 0 Å². The van der Waals surface area contributed by atoms with Gasteiger partial charge in [-0.2, -0.15) is 0 Å². The summed E-state index contributed by atoms with van der Waals surface area (Å²) in [5, 5.41) is 0. The molecule has 0 aromatic carbocycles. The van der Waals surface area contributed by atoms with Crippen LogP contribution in [0.5, 0.6) is 0 Å². The summed E-state index contributed by atoms with van der Waals surface area (Å²) in [6.45, 7) is 5.88. The second kappa shape index (κ2) is 10.1. The van der Waals surface area contributed by atoms with E-state index < -0.39 is 8.03 Å². The van der Waals surface area contributed by atoms with E-state index in [0.29, 0.717) is 0 Å². The number of hydrogen-bond donors (Lipinski definition) is 0. The monoisotopic (exact) mass is 200 g/mol. The molecule has 3 nitrogen and oxygen atoms in total. The van der Waals surface area contributed by atoms with Gasteiger partial charge in [-0.3, -0.25) is 4.90 Å². The molecule has 0 aliphatic rings. The maximum absolute atomic E-state index is 10.4. The van der Waals surface area contributed by atoms with Crippen LogP contribution >= 0.6 is 8.03 Å². The third kappa shape index (κ3) is 9.11. The minimum absolute atomic E-state index is 0. The van der Waals surface area contributed by atoms with Crippen molar-refractivity contribution in [1.29, 1.82) is 0 Å². The van der Waals surface area contributed by atoms with Gasteiger partial charge >= 0.3 is 37.6 Å². The Hall–Kier alpha value is 1.02. The zero-order chi connectivity index (χ0) is 8.69. The van der Waals surface area contributed by atoms with Gasteiger partial charge in [-0.25, -0.2) is 0 Å². The second-order valence-electron chi connectivity index (χ2n) is 2.59. The zero-order valence-corrected chi connectivity index (χ0v) is 11.1. The van der Waals surface area contributed by atoms with E-state index in [2.05, 4.69) is 13.8 Å². The summed E-state index contributed by atoms with van der Waals surface area (Å²) in [6, 6.07) is 0. The molecule has 12 heavy (non-hydrogen) atoms. The van der Waals surface area contributed by atoms with Crippen molar-refractivity contribution in [2.75, 3.05) is 19.4 Å². The molecule has 1 atom stereocenters. The Morgan fingerprint density at radius 1 is 1.25 bits per heavy atom. The number of nitrogens with zero attached hydrogens (tertiary/aromatic N) is 1. The van der Waals surface area contributed by atoms with Crippen molar-refractivity contribution in [3.8, 4) is 0 Å². The fourth-order valence-corrected chi connectivity index (χ4v) is 1.66. The third-order valence-corrected chi connectivity index (χ3v) is 2.03. The van der Waals surface area contributed by atoms with Crippen molar-refractivity contribution in [3.05, 3.63) is 0 Å². The van der Waals surface area contributed by atoms with Crippen molar-refractivity contribution in [3.63, 3.8) is 0 Å². The van der Waals surface area contributed by atoms with E-state index in [1.54, 1.807) is 0 Å². The maximum Gasteiger partial charge on any atom is 1.00 e. The van der Waals surface area contributed by atoms with Crippen LogP contribution in [0.15, 0.2) is 0 Å². The first-order valence-corrected chi connectivity index (χ1v) is 5.41. The van der Waals surface area contributed by atoms with Gasteiger partial charge in [0.2, 0.25) is 0 Å². The molecular formula is C7H16NNaO2P+. The molecule has 0 rings (SSSR count). The van der Waals surface area contributed by atoms with E-state index in [4.69, 9.17) is 0 Å². The molecule has 0 spiro atoms. The molecule has 0 saturated carbocycles. The van der Waals surface area contributed by atoms with E-state index >= 15 is 0 Å². The van der Waals surface area contributed by atoms with Crippen LogP contribution in [0, 0.1) is 0 Å².